The van der Waals surface area contributed by atoms with Crippen molar-refractivity contribution in [2.45, 2.75) is 38.5 Å². The van der Waals surface area contributed by atoms with Crippen molar-refractivity contribution in [2.75, 3.05) is 39.5 Å². The first kappa shape index (κ1) is 16.4. The van der Waals surface area contributed by atoms with Gasteiger partial charge in [0.2, 0.25) is 5.91 Å². The van der Waals surface area contributed by atoms with Crippen molar-refractivity contribution in [1.29, 1.82) is 0 Å². The van der Waals surface area contributed by atoms with E-state index in [1.165, 1.54) is 0 Å². The Kier molecular flexibility index (Phi) is 5.64. The quantitative estimate of drug-likeness (QED) is 0.838. The van der Waals surface area contributed by atoms with Crippen LogP contribution in [-0.4, -0.2) is 72.2 Å². The number of aromatic nitrogens is 2. The van der Waals surface area contributed by atoms with Crippen LogP contribution in [0, 0.1) is 6.92 Å². The summed E-state index contributed by atoms with van der Waals surface area (Å²) in [5.74, 6) is 0.104. The minimum absolute atomic E-state index is 0.0823. The fourth-order valence-electron chi connectivity index (χ4n) is 3.13. The lowest BCUT2D eigenvalue weighted by Crippen LogP contribution is -2.50. The van der Waals surface area contributed by atoms with Gasteiger partial charge in [-0.2, -0.15) is 5.10 Å². The molecular weight excluding hydrogens is 296 g/mol. The number of carbonyl (C=O) groups excluding carboxylic acids is 1. The van der Waals surface area contributed by atoms with Crippen molar-refractivity contribution in [3.8, 4) is 0 Å². The van der Waals surface area contributed by atoms with Crippen LogP contribution in [0.5, 0.6) is 0 Å². The molecule has 0 aromatic carbocycles. The predicted molar refractivity (Wildman–Crippen MR) is 85.1 cm³/mol. The van der Waals surface area contributed by atoms with E-state index in [0.717, 1.165) is 51.3 Å². The molecule has 0 spiro atoms. The maximum absolute atomic E-state index is 12.2. The number of morpholine rings is 1. The second-order valence-electron chi connectivity index (χ2n) is 6.42. The summed E-state index contributed by atoms with van der Waals surface area (Å²) in [6.45, 7) is 6.91. The zero-order valence-corrected chi connectivity index (χ0v) is 13.7. The Morgan fingerprint density at radius 1 is 1.39 bits per heavy atom. The second kappa shape index (κ2) is 7.90. The van der Waals surface area contributed by atoms with E-state index in [9.17, 15) is 4.79 Å². The van der Waals surface area contributed by atoms with E-state index >= 15 is 0 Å². The van der Waals surface area contributed by atoms with E-state index in [1.54, 1.807) is 0 Å². The summed E-state index contributed by atoms with van der Waals surface area (Å²) in [7, 11) is 0. The normalized spacial score (nSPS) is 23.8. The zero-order chi connectivity index (χ0) is 16.1. The van der Waals surface area contributed by atoms with Crippen LogP contribution in [0.4, 0.5) is 0 Å². The average molecular weight is 322 g/mol. The van der Waals surface area contributed by atoms with E-state index in [1.807, 2.05) is 24.0 Å². The summed E-state index contributed by atoms with van der Waals surface area (Å²) < 4.78 is 13.0. The topological polar surface area (TPSA) is 68.6 Å². The number of hydrogen-bond acceptors (Lipinski definition) is 5. The Morgan fingerprint density at radius 2 is 2.22 bits per heavy atom. The van der Waals surface area contributed by atoms with E-state index in [2.05, 4.69) is 15.3 Å². The van der Waals surface area contributed by atoms with Crippen molar-refractivity contribution < 1.29 is 14.3 Å². The molecule has 1 atom stereocenters. The van der Waals surface area contributed by atoms with E-state index in [4.69, 9.17) is 9.47 Å². The SMILES string of the molecule is Cc1cnn(C[C@@H]2CN(CC(=O)NC3CCOCC3)CCO2)c1. The van der Waals surface area contributed by atoms with Crippen molar-refractivity contribution in [3.05, 3.63) is 18.0 Å². The molecule has 2 fully saturated rings. The molecule has 128 valence electrons. The van der Waals surface area contributed by atoms with Gasteiger partial charge >= 0.3 is 0 Å². The van der Waals surface area contributed by atoms with Crippen LogP contribution < -0.4 is 5.32 Å². The summed E-state index contributed by atoms with van der Waals surface area (Å²) in [5, 5.41) is 7.42. The van der Waals surface area contributed by atoms with Gasteiger partial charge in [-0.1, -0.05) is 0 Å². The second-order valence-corrected chi connectivity index (χ2v) is 6.42. The Bertz CT molecular complexity index is 513. The van der Waals surface area contributed by atoms with Gasteiger partial charge in [0.05, 0.1) is 32.0 Å². The number of hydrogen-bond donors (Lipinski definition) is 1. The van der Waals surface area contributed by atoms with Crippen molar-refractivity contribution in [2.24, 2.45) is 0 Å². The third kappa shape index (κ3) is 5.02. The van der Waals surface area contributed by atoms with Gasteiger partial charge in [0.15, 0.2) is 0 Å². The van der Waals surface area contributed by atoms with Gasteiger partial charge < -0.3 is 14.8 Å². The highest BCUT2D eigenvalue weighted by Gasteiger charge is 2.24. The summed E-state index contributed by atoms with van der Waals surface area (Å²) in [4.78, 5) is 14.4. The first-order chi connectivity index (χ1) is 11.2. The van der Waals surface area contributed by atoms with E-state index in [-0.39, 0.29) is 18.1 Å². The molecule has 7 nitrogen and oxygen atoms in total. The molecule has 0 radical (unpaired) electrons. The van der Waals surface area contributed by atoms with E-state index < -0.39 is 0 Å². The fourth-order valence-corrected chi connectivity index (χ4v) is 3.13. The Labute approximate surface area is 136 Å². The Hall–Kier alpha value is -1.44. The van der Waals surface area contributed by atoms with Crippen LogP contribution in [0.15, 0.2) is 12.4 Å². The maximum atomic E-state index is 12.2. The van der Waals surface area contributed by atoms with Gasteiger partial charge in [-0.25, -0.2) is 0 Å². The lowest BCUT2D eigenvalue weighted by Gasteiger charge is -2.33. The summed E-state index contributed by atoms with van der Waals surface area (Å²) in [6.07, 6.45) is 5.77. The molecule has 2 aliphatic heterocycles. The molecule has 1 aromatic heterocycles. The van der Waals surface area contributed by atoms with Crippen molar-refractivity contribution in [3.63, 3.8) is 0 Å². The van der Waals surface area contributed by atoms with E-state index in [0.29, 0.717) is 13.2 Å². The van der Waals surface area contributed by atoms with Crippen LogP contribution in [0.2, 0.25) is 0 Å². The number of ether oxygens (including phenoxy) is 2. The predicted octanol–water partition coefficient (Wildman–Crippen LogP) is 0.188. The summed E-state index contributed by atoms with van der Waals surface area (Å²) >= 11 is 0. The Balaban J connectivity index is 1.43. The molecule has 3 heterocycles. The highest BCUT2D eigenvalue weighted by molar-refractivity contribution is 5.78. The first-order valence-corrected chi connectivity index (χ1v) is 8.39. The highest BCUT2D eigenvalue weighted by atomic mass is 16.5. The molecule has 7 heteroatoms. The fraction of sp³-hybridized carbons (Fsp3) is 0.750. The molecule has 0 saturated carbocycles. The number of nitrogens with one attached hydrogen (secondary N) is 1. The monoisotopic (exact) mass is 322 g/mol. The molecular formula is C16H26N4O3. The summed E-state index contributed by atoms with van der Waals surface area (Å²) in [5.41, 5.74) is 1.15. The summed E-state index contributed by atoms with van der Waals surface area (Å²) in [6, 6.07) is 0.264. The number of aryl methyl sites for hydroxylation is 1. The van der Waals surface area contributed by atoms with Crippen LogP contribution >= 0.6 is 0 Å². The maximum Gasteiger partial charge on any atom is 0.234 e. The lowest BCUT2D eigenvalue weighted by atomic mass is 10.1. The smallest absolute Gasteiger partial charge is 0.234 e. The molecule has 1 aromatic rings. The van der Waals surface area contributed by atoms with Crippen molar-refractivity contribution in [1.82, 2.24) is 20.0 Å². The number of rotatable bonds is 5. The molecule has 2 aliphatic rings. The molecule has 0 unspecified atom stereocenters. The number of amides is 1. The van der Waals surface area contributed by atoms with Crippen LogP contribution in [-0.2, 0) is 20.8 Å². The molecule has 1 N–H and O–H groups in total. The molecule has 0 bridgehead atoms. The third-order valence-corrected chi connectivity index (χ3v) is 4.33. The lowest BCUT2D eigenvalue weighted by molar-refractivity contribution is -0.125. The largest absolute Gasteiger partial charge is 0.381 e. The first-order valence-electron chi connectivity index (χ1n) is 8.39. The standard InChI is InChI=1S/C16H26N4O3/c1-13-8-17-20(9-13)11-15-10-19(4-7-23-15)12-16(21)18-14-2-5-22-6-3-14/h8-9,14-15H,2-7,10-12H2,1H3,(H,18,21)/t15-/m0/s1. The van der Waals surface area contributed by atoms with Gasteiger partial charge in [-0.3, -0.25) is 14.4 Å². The third-order valence-electron chi connectivity index (χ3n) is 4.33. The van der Waals surface area contributed by atoms with Gasteiger partial charge in [0.1, 0.15) is 0 Å². The number of nitrogens with zero attached hydrogens (tertiary/aromatic N) is 3. The molecule has 2 saturated heterocycles. The molecule has 3 rings (SSSR count). The van der Waals surface area contributed by atoms with Gasteiger partial charge in [0, 0.05) is 38.5 Å². The van der Waals surface area contributed by atoms with Gasteiger partial charge in [0.25, 0.3) is 0 Å². The van der Waals surface area contributed by atoms with Crippen LogP contribution in [0.1, 0.15) is 18.4 Å². The minimum Gasteiger partial charge on any atom is -0.381 e. The Morgan fingerprint density at radius 3 is 2.96 bits per heavy atom. The number of carbonyl (C=O) groups is 1. The molecule has 0 aliphatic carbocycles. The minimum atomic E-state index is 0.0823. The van der Waals surface area contributed by atoms with Crippen molar-refractivity contribution >= 4 is 5.91 Å². The molecule has 1 amide bonds. The molecule has 23 heavy (non-hydrogen) atoms. The average Bonchev–Trinajstić information content (AvgIpc) is 2.93. The highest BCUT2D eigenvalue weighted by Crippen LogP contribution is 2.09. The van der Waals surface area contributed by atoms with Gasteiger partial charge in [-0.15, -0.1) is 0 Å². The van der Waals surface area contributed by atoms with Crippen LogP contribution in [0.25, 0.3) is 0 Å². The van der Waals surface area contributed by atoms with Crippen LogP contribution in [0.3, 0.4) is 0 Å². The van der Waals surface area contributed by atoms with Gasteiger partial charge in [-0.05, 0) is 25.3 Å². The zero-order valence-electron chi connectivity index (χ0n) is 13.7.